The molecular weight excluding hydrogens is 438 g/mol. The van der Waals surface area contributed by atoms with E-state index in [4.69, 9.17) is 15.9 Å². The normalized spacial score (nSPS) is 12.0. The van der Waals surface area contributed by atoms with E-state index < -0.39 is 23.9 Å². The maximum absolute atomic E-state index is 12.3. The second kappa shape index (κ2) is 10.1. The van der Waals surface area contributed by atoms with Gasteiger partial charge in [-0.15, -0.1) is 11.3 Å². The Morgan fingerprint density at radius 1 is 1.22 bits per heavy atom. The van der Waals surface area contributed by atoms with Gasteiger partial charge in [0.15, 0.2) is 0 Å². The number of carboxylic acid groups (broad SMARTS) is 2. The van der Waals surface area contributed by atoms with E-state index in [2.05, 4.69) is 15.3 Å². The number of aromatic amines is 1. The molecule has 1 atom stereocenters. The van der Waals surface area contributed by atoms with Crippen LogP contribution in [0.1, 0.15) is 40.2 Å². The number of anilines is 1. The van der Waals surface area contributed by atoms with Gasteiger partial charge in [-0.3, -0.25) is 19.4 Å². The molecule has 11 nitrogen and oxygen atoms in total. The van der Waals surface area contributed by atoms with Crippen LogP contribution in [0.2, 0.25) is 0 Å². The molecule has 0 radical (unpaired) electrons. The Morgan fingerprint density at radius 2 is 2.00 bits per heavy atom. The Morgan fingerprint density at radius 3 is 2.72 bits per heavy atom. The maximum Gasteiger partial charge on any atom is 0.326 e. The van der Waals surface area contributed by atoms with Crippen molar-refractivity contribution in [1.29, 1.82) is 0 Å². The van der Waals surface area contributed by atoms with Gasteiger partial charge in [-0.05, 0) is 43.9 Å². The number of nitrogens with one attached hydrogen (secondary N) is 2. The largest absolute Gasteiger partial charge is 0.481 e. The smallest absolute Gasteiger partial charge is 0.326 e. The van der Waals surface area contributed by atoms with Gasteiger partial charge in [-0.25, -0.2) is 9.78 Å². The average Bonchev–Trinajstić information content (AvgIpc) is 3.35. The number of unbranched alkanes of at least 4 members (excludes halogenated alkanes) is 1. The summed E-state index contributed by atoms with van der Waals surface area (Å²) in [7, 11) is 0. The number of hydrogen-bond donors (Lipinski definition) is 5. The number of nitrogen functional groups attached to an aromatic ring is 1. The lowest BCUT2D eigenvalue weighted by Crippen LogP contribution is -2.40. The molecule has 0 bridgehead atoms. The number of carbonyl (C=O) groups excluding carboxylic acids is 1. The first-order valence-electron chi connectivity index (χ1n) is 9.93. The molecule has 6 N–H and O–H groups in total. The Balaban J connectivity index is 1.51. The van der Waals surface area contributed by atoms with Gasteiger partial charge in [-0.2, -0.15) is 0 Å². The van der Waals surface area contributed by atoms with Gasteiger partial charge in [0.25, 0.3) is 11.5 Å². The van der Waals surface area contributed by atoms with E-state index in [9.17, 15) is 19.2 Å². The molecule has 0 spiro atoms. The topological polar surface area (TPSA) is 180 Å². The molecule has 0 aliphatic rings. The van der Waals surface area contributed by atoms with Crippen molar-refractivity contribution in [2.45, 2.75) is 44.7 Å². The highest BCUT2D eigenvalue weighted by Crippen LogP contribution is 2.20. The molecule has 0 saturated carbocycles. The lowest BCUT2D eigenvalue weighted by atomic mass is 10.1. The summed E-state index contributed by atoms with van der Waals surface area (Å²) in [5.74, 6) is -2.86. The first-order chi connectivity index (χ1) is 15.2. The number of fused-ring (bicyclic) bond motifs is 1. The Kier molecular flexibility index (Phi) is 7.25. The highest BCUT2D eigenvalue weighted by Gasteiger charge is 2.22. The first kappa shape index (κ1) is 23.0. The zero-order valence-electron chi connectivity index (χ0n) is 17.0. The van der Waals surface area contributed by atoms with Crippen molar-refractivity contribution in [3.8, 4) is 0 Å². The van der Waals surface area contributed by atoms with E-state index in [1.165, 1.54) is 11.3 Å². The number of thiophene rings is 1. The van der Waals surface area contributed by atoms with Crippen molar-refractivity contribution >= 4 is 46.2 Å². The standard InChI is InChI=1S/C20H23N5O6S/c21-20-23-12-8-10-25(16(12)18(29)24-20)9-2-1-3-11-4-6-14(32-11)17(28)22-13(19(30)31)5-7-15(26)27/h4,6,8,10,13H,1-3,5,7,9H2,(H,22,28)(H,26,27)(H,30,31)(H3,21,23,24,29)/t13-/m0/s1. The summed E-state index contributed by atoms with van der Waals surface area (Å²) in [6.45, 7) is 0.626. The predicted molar refractivity (Wildman–Crippen MR) is 118 cm³/mol. The zero-order chi connectivity index (χ0) is 23.3. The minimum atomic E-state index is -1.27. The summed E-state index contributed by atoms with van der Waals surface area (Å²) >= 11 is 1.27. The quantitative estimate of drug-likeness (QED) is 0.266. The van der Waals surface area contributed by atoms with Crippen LogP contribution in [0.25, 0.3) is 11.0 Å². The Bertz CT molecular complexity index is 1200. The van der Waals surface area contributed by atoms with Gasteiger partial charge in [0.2, 0.25) is 5.95 Å². The second-order valence-electron chi connectivity index (χ2n) is 7.21. The molecule has 0 saturated heterocycles. The Hall–Kier alpha value is -3.67. The molecule has 3 rings (SSSR count). The molecule has 3 aromatic rings. The molecule has 0 aromatic carbocycles. The molecule has 12 heteroatoms. The van der Waals surface area contributed by atoms with Crippen LogP contribution in [0.15, 0.2) is 29.2 Å². The molecular formula is C20H23N5O6S. The average molecular weight is 462 g/mol. The van der Waals surface area contributed by atoms with Crippen molar-refractivity contribution in [2.24, 2.45) is 0 Å². The highest BCUT2D eigenvalue weighted by molar-refractivity contribution is 7.14. The third-order valence-electron chi connectivity index (χ3n) is 4.85. The van der Waals surface area contributed by atoms with Gasteiger partial charge in [0.05, 0.1) is 10.4 Å². The number of rotatable bonds is 11. The Labute approximate surface area is 185 Å². The van der Waals surface area contributed by atoms with Crippen LogP contribution in [-0.4, -0.2) is 48.6 Å². The lowest BCUT2D eigenvalue weighted by molar-refractivity contribution is -0.140. The molecule has 0 unspecified atom stereocenters. The number of H-pyrrole nitrogens is 1. The summed E-state index contributed by atoms with van der Waals surface area (Å²) < 4.78 is 1.83. The number of carboxylic acids is 2. The van der Waals surface area contributed by atoms with E-state index in [1.54, 1.807) is 18.3 Å². The molecule has 0 aliphatic heterocycles. The van der Waals surface area contributed by atoms with Crippen LogP contribution in [0.5, 0.6) is 0 Å². The number of carbonyl (C=O) groups is 3. The van der Waals surface area contributed by atoms with Gasteiger partial charge < -0.3 is 25.8 Å². The van der Waals surface area contributed by atoms with Crippen molar-refractivity contribution in [1.82, 2.24) is 19.9 Å². The van der Waals surface area contributed by atoms with E-state index in [0.717, 1.165) is 24.1 Å². The second-order valence-corrected chi connectivity index (χ2v) is 8.38. The fourth-order valence-electron chi connectivity index (χ4n) is 3.29. The van der Waals surface area contributed by atoms with Crippen molar-refractivity contribution in [3.05, 3.63) is 44.5 Å². The molecule has 3 aromatic heterocycles. The molecule has 1 amide bonds. The summed E-state index contributed by atoms with van der Waals surface area (Å²) in [5.41, 5.74) is 6.29. The number of aromatic nitrogens is 3. The molecule has 170 valence electrons. The highest BCUT2D eigenvalue weighted by atomic mass is 32.1. The van der Waals surface area contributed by atoms with E-state index in [0.29, 0.717) is 22.5 Å². The van der Waals surface area contributed by atoms with Crippen LogP contribution in [-0.2, 0) is 22.6 Å². The number of aryl methyl sites for hydroxylation is 2. The van der Waals surface area contributed by atoms with Crippen molar-refractivity contribution < 1.29 is 24.6 Å². The number of hydrogen-bond acceptors (Lipinski definition) is 7. The summed E-state index contributed by atoms with van der Waals surface area (Å²) in [4.78, 5) is 54.2. The summed E-state index contributed by atoms with van der Waals surface area (Å²) in [6.07, 6.45) is 3.59. The van der Waals surface area contributed by atoms with Gasteiger partial charge in [-0.1, -0.05) is 0 Å². The van der Waals surface area contributed by atoms with Crippen LogP contribution in [0.4, 0.5) is 5.95 Å². The fourth-order valence-corrected chi connectivity index (χ4v) is 4.24. The van der Waals surface area contributed by atoms with Gasteiger partial charge >= 0.3 is 11.9 Å². The van der Waals surface area contributed by atoms with E-state index >= 15 is 0 Å². The summed E-state index contributed by atoms with van der Waals surface area (Å²) in [6, 6.07) is 3.93. The lowest BCUT2D eigenvalue weighted by Gasteiger charge is -2.12. The third-order valence-corrected chi connectivity index (χ3v) is 5.99. The maximum atomic E-state index is 12.3. The van der Waals surface area contributed by atoms with Gasteiger partial charge in [0.1, 0.15) is 11.6 Å². The van der Waals surface area contributed by atoms with Crippen LogP contribution in [0.3, 0.4) is 0 Å². The zero-order valence-corrected chi connectivity index (χ0v) is 17.9. The van der Waals surface area contributed by atoms with E-state index in [-0.39, 0.29) is 24.3 Å². The van der Waals surface area contributed by atoms with Gasteiger partial charge in [0, 0.05) is 24.0 Å². The monoisotopic (exact) mass is 461 g/mol. The third kappa shape index (κ3) is 5.72. The minimum absolute atomic E-state index is 0.0781. The minimum Gasteiger partial charge on any atom is -0.481 e. The predicted octanol–water partition coefficient (Wildman–Crippen LogP) is 1.44. The molecule has 32 heavy (non-hydrogen) atoms. The summed E-state index contributed by atoms with van der Waals surface area (Å²) in [5, 5.41) is 20.2. The van der Waals surface area contributed by atoms with Crippen LogP contribution >= 0.6 is 11.3 Å². The van der Waals surface area contributed by atoms with Crippen LogP contribution < -0.4 is 16.6 Å². The van der Waals surface area contributed by atoms with Crippen molar-refractivity contribution in [2.75, 3.05) is 5.73 Å². The number of nitrogens with zero attached hydrogens (tertiary/aromatic N) is 2. The molecule has 3 heterocycles. The number of amides is 1. The SMILES string of the molecule is Nc1nc2ccn(CCCCc3ccc(C(=O)N[C@@H](CCC(=O)O)C(=O)O)s3)c2c(=O)[nH]1. The molecule has 0 aliphatic carbocycles. The first-order valence-corrected chi connectivity index (χ1v) is 10.7. The van der Waals surface area contributed by atoms with Crippen molar-refractivity contribution in [3.63, 3.8) is 0 Å². The number of aliphatic carboxylic acids is 2. The molecule has 0 fully saturated rings. The van der Waals surface area contributed by atoms with E-state index in [1.807, 2.05) is 10.6 Å². The van der Waals surface area contributed by atoms with Crippen LogP contribution in [0, 0.1) is 0 Å². The fraction of sp³-hybridized carbons (Fsp3) is 0.350. The number of nitrogens with two attached hydrogens (primary N) is 1.